The minimum absolute atomic E-state index is 0.0725. The van der Waals surface area contributed by atoms with E-state index in [1.807, 2.05) is 0 Å². The number of aliphatic hydroxyl groups is 2. The standard InChI is InChI=1S/C27H42O5/c1-14-7-10-27(31-13-14)15(2)21-20(32-27)12-19-18-6-5-16-11-17(28)8-9-25(16,3)22(18)23(29)24(30)26(19,21)4/h14-22,24,28,30H,5-13H2,1-4H3/t14-,15+,16+,17-,18+,19-,20-,21+,22+,24+,25+,26+,27+/m1/s1. The molecule has 0 radical (unpaired) electrons. The molecule has 2 heterocycles. The molecule has 0 unspecified atom stereocenters. The molecule has 0 aromatic heterocycles. The van der Waals surface area contributed by atoms with Crippen LogP contribution >= 0.6 is 0 Å². The number of hydrogen-bond donors (Lipinski definition) is 2. The SMILES string of the molecule is C[C@@H]1CC[C@]2(OC1)O[C@@H]1C[C@@H]3[C@@H]4CC[C@H]5C[C@H](O)CC[C@]5(C)[C@@H]4C(=O)[C@H](O)[C@]3(C)[C@H]1[C@@H]2C. The van der Waals surface area contributed by atoms with Crippen LogP contribution in [0.25, 0.3) is 0 Å². The third-order valence-electron chi connectivity index (χ3n) is 11.8. The second kappa shape index (κ2) is 7.02. The second-order valence-electron chi connectivity index (χ2n) is 13.1. The summed E-state index contributed by atoms with van der Waals surface area (Å²) in [4.78, 5) is 14.0. The lowest BCUT2D eigenvalue weighted by Crippen LogP contribution is -2.64. The molecule has 4 aliphatic carbocycles. The van der Waals surface area contributed by atoms with Crippen LogP contribution in [0.2, 0.25) is 0 Å². The van der Waals surface area contributed by atoms with E-state index in [2.05, 4.69) is 27.7 Å². The van der Waals surface area contributed by atoms with Gasteiger partial charge in [-0.1, -0.05) is 27.7 Å². The van der Waals surface area contributed by atoms with Gasteiger partial charge in [-0.15, -0.1) is 0 Å². The Labute approximate surface area is 192 Å². The molecule has 13 atom stereocenters. The van der Waals surface area contributed by atoms with Gasteiger partial charge in [-0.3, -0.25) is 4.79 Å². The molecule has 1 spiro atoms. The quantitative estimate of drug-likeness (QED) is 0.589. The van der Waals surface area contributed by atoms with Crippen LogP contribution < -0.4 is 0 Å². The lowest BCUT2D eigenvalue weighted by Gasteiger charge is -2.61. The summed E-state index contributed by atoms with van der Waals surface area (Å²) in [7, 11) is 0. The number of ketones is 1. The Bertz CT molecular complexity index is 789. The fourth-order valence-corrected chi connectivity index (χ4v) is 10.0. The van der Waals surface area contributed by atoms with Gasteiger partial charge in [0.1, 0.15) is 6.10 Å². The summed E-state index contributed by atoms with van der Waals surface area (Å²) in [6.45, 7) is 9.70. The van der Waals surface area contributed by atoms with E-state index in [9.17, 15) is 15.0 Å². The summed E-state index contributed by atoms with van der Waals surface area (Å²) in [5.41, 5.74) is -0.523. The average molecular weight is 447 g/mol. The first-order valence-corrected chi connectivity index (χ1v) is 13.3. The normalized spacial score (nSPS) is 61.8. The molecule has 0 amide bonds. The van der Waals surface area contributed by atoms with Crippen LogP contribution in [0.5, 0.6) is 0 Å². The molecule has 32 heavy (non-hydrogen) atoms. The molecule has 180 valence electrons. The number of ether oxygens (including phenoxy) is 2. The number of carbonyl (C=O) groups excluding carboxylic acids is 1. The number of Topliss-reactive ketones (excluding diaryl/α,β-unsaturated/α-hetero) is 1. The molecule has 6 aliphatic rings. The Morgan fingerprint density at radius 2 is 1.78 bits per heavy atom. The molecular weight excluding hydrogens is 404 g/mol. The van der Waals surface area contributed by atoms with Gasteiger partial charge in [0, 0.05) is 29.6 Å². The number of carbonyl (C=O) groups is 1. The summed E-state index contributed by atoms with van der Waals surface area (Å²) in [6.07, 6.45) is 6.54. The fraction of sp³-hybridized carbons (Fsp3) is 0.963. The maximum Gasteiger partial charge on any atom is 0.171 e. The molecule has 0 aromatic carbocycles. The molecular formula is C27H42O5. The van der Waals surface area contributed by atoms with Gasteiger partial charge in [-0.2, -0.15) is 0 Å². The second-order valence-corrected chi connectivity index (χ2v) is 13.1. The van der Waals surface area contributed by atoms with E-state index >= 15 is 0 Å². The first kappa shape index (κ1) is 22.0. The van der Waals surface area contributed by atoms with Crippen molar-refractivity contribution in [2.45, 2.75) is 103 Å². The van der Waals surface area contributed by atoms with Crippen LogP contribution in [-0.2, 0) is 14.3 Å². The third kappa shape index (κ3) is 2.63. The Balaban J connectivity index is 1.34. The molecule has 6 rings (SSSR count). The van der Waals surface area contributed by atoms with E-state index < -0.39 is 17.3 Å². The molecule has 2 saturated heterocycles. The van der Waals surface area contributed by atoms with Gasteiger partial charge >= 0.3 is 0 Å². The van der Waals surface area contributed by atoms with Crippen molar-refractivity contribution in [3.63, 3.8) is 0 Å². The Morgan fingerprint density at radius 3 is 2.50 bits per heavy atom. The van der Waals surface area contributed by atoms with Crippen LogP contribution in [0.15, 0.2) is 0 Å². The van der Waals surface area contributed by atoms with E-state index in [4.69, 9.17) is 9.47 Å². The van der Waals surface area contributed by atoms with Crippen molar-refractivity contribution < 1.29 is 24.5 Å². The minimum Gasteiger partial charge on any atom is -0.393 e. The lowest BCUT2D eigenvalue weighted by atomic mass is 9.43. The van der Waals surface area contributed by atoms with Gasteiger partial charge in [-0.05, 0) is 74.0 Å². The monoisotopic (exact) mass is 446 g/mol. The van der Waals surface area contributed by atoms with Crippen LogP contribution in [0, 0.1) is 52.3 Å². The molecule has 5 heteroatoms. The van der Waals surface area contributed by atoms with Gasteiger partial charge in [0.15, 0.2) is 11.6 Å². The molecule has 0 bridgehead atoms. The summed E-state index contributed by atoms with van der Waals surface area (Å²) in [5.74, 6) is 1.45. The van der Waals surface area contributed by atoms with Crippen molar-refractivity contribution in [2.75, 3.05) is 6.61 Å². The number of aliphatic hydroxyl groups excluding tert-OH is 2. The van der Waals surface area contributed by atoms with Crippen molar-refractivity contribution in [3.05, 3.63) is 0 Å². The largest absolute Gasteiger partial charge is 0.393 e. The highest BCUT2D eigenvalue weighted by Crippen LogP contribution is 2.70. The molecule has 2 N–H and O–H groups in total. The van der Waals surface area contributed by atoms with Gasteiger partial charge in [-0.25, -0.2) is 0 Å². The fourth-order valence-electron chi connectivity index (χ4n) is 10.0. The summed E-state index contributed by atoms with van der Waals surface area (Å²) in [6, 6.07) is 0. The van der Waals surface area contributed by atoms with Gasteiger partial charge < -0.3 is 19.7 Å². The zero-order valence-electron chi connectivity index (χ0n) is 20.3. The summed E-state index contributed by atoms with van der Waals surface area (Å²) < 4.78 is 13.1. The first-order chi connectivity index (χ1) is 15.1. The molecule has 0 aromatic rings. The predicted molar refractivity (Wildman–Crippen MR) is 120 cm³/mol. The highest BCUT2D eigenvalue weighted by molar-refractivity contribution is 5.88. The number of fused-ring (bicyclic) bond motifs is 7. The van der Waals surface area contributed by atoms with Gasteiger partial charge in [0.2, 0.25) is 0 Å². The van der Waals surface area contributed by atoms with Crippen LogP contribution in [0.3, 0.4) is 0 Å². The van der Waals surface area contributed by atoms with Gasteiger partial charge in [0.05, 0.1) is 18.8 Å². The predicted octanol–water partition coefficient (Wildman–Crippen LogP) is 3.94. The zero-order valence-corrected chi connectivity index (χ0v) is 20.3. The zero-order chi connectivity index (χ0) is 22.6. The van der Waals surface area contributed by atoms with E-state index in [0.717, 1.165) is 58.0 Å². The third-order valence-corrected chi connectivity index (χ3v) is 11.8. The Hall–Kier alpha value is -0.490. The minimum atomic E-state index is -0.921. The van der Waals surface area contributed by atoms with Crippen molar-refractivity contribution in [1.29, 1.82) is 0 Å². The first-order valence-electron chi connectivity index (χ1n) is 13.3. The summed E-state index contributed by atoms with van der Waals surface area (Å²) >= 11 is 0. The summed E-state index contributed by atoms with van der Waals surface area (Å²) in [5, 5.41) is 22.0. The Morgan fingerprint density at radius 1 is 1.00 bits per heavy atom. The number of rotatable bonds is 0. The Kier molecular flexibility index (Phi) is 4.83. The maximum atomic E-state index is 14.0. The van der Waals surface area contributed by atoms with Crippen molar-refractivity contribution >= 4 is 5.78 Å². The maximum absolute atomic E-state index is 14.0. The van der Waals surface area contributed by atoms with Crippen molar-refractivity contribution in [2.24, 2.45) is 52.3 Å². The van der Waals surface area contributed by atoms with Gasteiger partial charge in [0.25, 0.3) is 0 Å². The molecule has 4 saturated carbocycles. The number of hydrogen-bond acceptors (Lipinski definition) is 5. The smallest absolute Gasteiger partial charge is 0.171 e. The highest BCUT2D eigenvalue weighted by Gasteiger charge is 2.73. The van der Waals surface area contributed by atoms with Crippen molar-refractivity contribution in [3.8, 4) is 0 Å². The van der Waals surface area contributed by atoms with Crippen LogP contribution in [0.4, 0.5) is 0 Å². The topological polar surface area (TPSA) is 76.0 Å². The van der Waals surface area contributed by atoms with Crippen molar-refractivity contribution in [1.82, 2.24) is 0 Å². The van der Waals surface area contributed by atoms with E-state index in [0.29, 0.717) is 23.7 Å². The average Bonchev–Trinajstić information content (AvgIpc) is 3.20. The van der Waals surface area contributed by atoms with Crippen LogP contribution in [-0.4, -0.2) is 46.7 Å². The highest BCUT2D eigenvalue weighted by atomic mass is 16.7. The van der Waals surface area contributed by atoms with E-state index in [-0.39, 0.29) is 41.2 Å². The molecule has 2 aliphatic heterocycles. The van der Waals surface area contributed by atoms with E-state index in [1.54, 1.807) is 0 Å². The van der Waals surface area contributed by atoms with E-state index in [1.165, 1.54) is 0 Å². The van der Waals surface area contributed by atoms with Crippen LogP contribution in [0.1, 0.15) is 79.1 Å². The lowest BCUT2D eigenvalue weighted by molar-refractivity contribution is -0.273. The molecule has 5 nitrogen and oxygen atoms in total. The molecule has 6 fully saturated rings.